The first-order chi connectivity index (χ1) is 6.52. The molecule has 1 fully saturated rings. The smallest absolute Gasteiger partial charge is 0.310 e. The Hall–Kier alpha value is -1.36. The minimum Gasteiger partial charge on any atom is -0.481 e. The molecular weight excluding hydrogens is 188 g/mol. The first-order valence-corrected chi connectivity index (χ1v) is 4.31. The third kappa shape index (κ3) is 1.05. The average molecular weight is 198 g/mol. The molecule has 0 unspecified atom stereocenters. The van der Waals surface area contributed by atoms with Crippen molar-refractivity contribution in [3.8, 4) is 0 Å². The van der Waals surface area contributed by atoms with Gasteiger partial charge in [0.1, 0.15) is 11.8 Å². The highest BCUT2D eigenvalue weighted by atomic mass is 16.5. The molecule has 0 aromatic rings. The predicted octanol–water partition coefficient (Wildman–Crippen LogP) is 0.115. The molecule has 5 nitrogen and oxygen atoms in total. The largest absolute Gasteiger partial charge is 0.481 e. The molecule has 2 bridgehead atoms. The number of hydrogen-bond donors (Lipinski definition) is 2. The predicted molar refractivity (Wildman–Crippen MR) is 44.7 cm³/mol. The van der Waals surface area contributed by atoms with Crippen molar-refractivity contribution in [2.45, 2.75) is 19.1 Å². The maximum atomic E-state index is 10.9. The van der Waals surface area contributed by atoms with Crippen molar-refractivity contribution in [1.29, 1.82) is 0 Å². The number of ether oxygens (including phenoxy) is 1. The second-order valence-corrected chi connectivity index (χ2v) is 3.66. The Morgan fingerprint density at radius 3 is 2.36 bits per heavy atom. The number of hydrogen-bond acceptors (Lipinski definition) is 3. The summed E-state index contributed by atoms with van der Waals surface area (Å²) in [6.45, 7) is 1.76. The highest BCUT2D eigenvalue weighted by Gasteiger charge is 2.55. The van der Waals surface area contributed by atoms with E-state index in [9.17, 15) is 9.59 Å². The van der Waals surface area contributed by atoms with Gasteiger partial charge in [-0.1, -0.05) is 6.08 Å². The Morgan fingerprint density at radius 1 is 1.29 bits per heavy atom. The first kappa shape index (κ1) is 9.21. The van der Waals surface area contributed by atoms with Crippen LogP contribution in [0.3, 0.4) is 0 Å². The van der Waals surface area contributed by atoms with Crippen molar-refractivity contribution in [2.75, 3.05) is 0 Å². The fourth-order valence-electron chi connectivity index (χ4n) is 2.20. The molecule has 4 atom stereocenters. The summed E-state index contributed by atoms with van der Waals surface area (Å²) in [4.78, 5) is 21.7. The SMILES string of the molecule is CC1=C[C@H]2O[C@H]1[C@@H](C(=O)O)[C@H]2C(=O)O. The van der Waals surface area contributed by atoms with E-state index in [1.165, 1.54) is 0 Å². The zero-order chi connectivity index (χ0) is 10.5. The van der Waals surface area contributed by atoms with E-state index in [4.69, 9.17) is 14.9 Å². The fourth-order valence-corrected chi connectivity index (χ4v) is 2.20. The van der Waals surface area contributed by atoms with Crippen LogP contribution in [0.5, 0.6) is 0 Å². The Balaban J connectivity index is 2.35. The summed E-state index contributed by atoms with van der Waals surface area (Å²) in [6, 6.07) is 0. The monoisotopic (exact) mass is 198 g/mol. The zero-order valence-electron chi connectivity index (χ0n) is 7.51. The van der Waals surface area contributed by atoms with E-state index < -0.39 is 36.0 Å². The van der Waals surface area contributed by atoms with Gasteiger partial charge in [-0.05, 0) is 12.5 Å². The molecule has 2 N–H and O–H groups in total. The van der Waals surface area contributed by atoms with Crippen LogP contribution in [0.15, 0.2) is 11.6 Å². The molecule has 2 aliphatic heterocycles. The van der Waals surface area contributed by atoms with Crippen molar-refractivity contribution in [3.05, 3.63) is 11.6 Å². The molecule has 0 spiro atoms. The molecule has 2 aliphatic rings. The van der Waals surface area contributed by atoms with E-state index in [1.807, 2.05) is 0 Å². The molecule has 5 heteroatoms. The van der Waals surface area contributed by atoms with Crippen molar-refractivity contribution in [3.63, 3.8) is 0 Å². The Morgan fingerprint density at radius 2 is 1.86 bits per heavy atom. The van der Waals surface area contributed by atoms with Gasteiger partial charge in [-0.3, -0.25) is 9.59 Å². The zero-order valence-corrected chi connectivity index (χ0v) is 7.51. The Kier molecular flexibility index (Phi) is 1.85. The van der Waals surface area contributed by atoms with Crippen LogP contribution in [-0.2, 0) is 14.3 Å². The highest BCUT2D eigenvalue weighted by Crippen LogP contribution is 2.42. The number of carbonyl (C=O) groups is 2. The van der Waals surface area contributed by atoms with Crippen LogP contribution in [0.2, 0.25) is 0 Å². The van der Waals surface area contributed by atoms with Crippen molar-refractivity contribution >= 4 is 11.9 Å². The van der Waals surface area contributed by atoms with Gasteiger partial charge in [0.15, 0.2) is 0 Å². The second kappa shape index (κ2) is 2.81. The molecule has 2 heterocycles. The molecule has 0 aromatic heterocycles. The first-order valence-electron chi connectivity index (χ1n) is 4.31. The van der Waals surface area contributed by atoms with E-state index in [0.29, 0.717) is 0 Å². The van der Waals surface area contributed by atoms with Gasteiger partial charge < -0.3 is 14.9 Å². The molecule has 0 aromatic carbocycles. The van der Waals surface area contributed by atoms with Gasteiger partial charge in [0.25, 0.3) is 0 Å². The molecule has 0 radical (unpaired) electrons. The lowest BCUT2D eigenvalue weighted by molar-refractivity contribution is -0.152. The van der Waals surface area contributed by atoms with Gasteiger partial charge in [-0.25, -0.2) is 0 Å². The van der Waals surface area contributed by atoms with Crippen LogP contribution in [-0.4, -0.2) is 34.4 Å². The number of fused-ring (bicyclic) bond motifs is 2. The van der Waals surface area contributed by atoms with Gasteiger partial charge in [0.2, 0.25) is 0 Å². The summed E-state index contributed by atoms with van der Waals surface area (Å²) in [5, 5.41) is 17.8. The lowest BCUT2D eigenvalue weighted by Crippen LogP contribution is -2.37. The second-order valence-electron chi connectivity index (χ2n) is 3.66. The van der Waals surface area contributed by atoms with Crippen LogP contribution in [0, 0.1) is 11.8 Å². The normalized spacial score (nSPS) is 39.6. The van der Waals surface area contributed by atoms with Crippen LogP contribution < -0.4 is 0 Å². The van der Waals surface area contributed by atoms with Crippen LogP contribution in [0.25, 0.3) is 0 Å². The number of carboxylic acids is 2. The number of rotatable bonds is 2. The quantitative estimate of drug-likeness (QED) is 0.615. The standard InChI is InChI=1S/C9H10O5/c1-3-2-4-5(8(10)11)6(9(12)13)7(3)14-4/h2,4-7H,1H3,(H,10,11)(H,12,13)/t4-,5+,6+,7-/m1/s1. The molecule has 1 saturated heterocycles. The van der Waals surface area contributed by atoms with E-state index in [-0.39, 0.29) is 0 Å². The summed E-state index contributed by atoms with van der Waals surface area (Å²) in [6.07, 6.45) is 0.570. The molecule has 0 amide bonds. The van der Waals surface area contributed by atoms with Gasteiger partial charge in [-0.2, -0.15) is 0 Å². The molecule has 2 rings (SSSR count). The van der Waals surface area contributed by atoms with E-state index >= 15 is 0 Å². The molecule has 0 aliphatic carbocycles. The fraction of sp³-hybridized carbons (Fsp3) is 0.556. The van der Waals surface area contributed by atoms with Gasteiger partial charge in [0.05, 0.1) is 12.2 Å². The Labute approximate surface area is 80.0 Å². The minimum atomic E-state index is -1.10. The van der Waals surface area contributed by atoms with Crippen LogP contribution in [0.1, 0.15) is 6.92 Å². The van der Waals surface area contributed by atoms with Gasteiger partial charge in [-0.15, -0.1) is 0 Å². The molecular formula is C9H10O5. The summed E-state index contributed by atoms with van der Waals surface area (Å²) in [7, 11) is 0. The Bertz CT molecular complexity index is 332. The topological polar surface area (TPSA) is 83.8 Å². The maximum absolute atomic E-state index is 10.9. The van der Waals surface area contributed by atoms with E-state index in [1.54, 1.807) is 13.0 Å². The van der Waals surface area contributed by atoms with Crippen molar-refractivity contribution < 1.29 is 24.5 Å². The third-order valence-corrected chi connectivity index (χ3v) is 2.82. The van der Waals surface area contributed by atoms with Gasteiger partial charge >= 0.3 is 11.9 Å². The highest BCUT2D eigenvalue weighted by molar-refractivity contribution is 5.83. The minimum absolute atomic E-state index is 0.557. The average Bonchev–Trinajstić information content (AvgIpc) is 2.58. The molecule has 0 saturated carbocycles. The number of carboxylic acid groups (broad SMARTS) is 2. The van der Waals surface area contributed by atoms with Crippen LogP contribution >= 0.6 is 0 Å². The van der Waals surface area contributed by atoms with E-state index in [0.717, 1.165) is 5.57 Å². The lowest BCUT2D eigenvalue weighted by atomic mass is 9.80. The molecule has 14 heavy (non-hydrogen) atoms. The summed E-state index contributed by atoms with van der Waals surface area (Å²) >= 11 is 0. The van der Waals surface area contributed by atoms with E-state index in [2.05, 4.69) is 0 Å². The van der Waals surface area contributed by atoms with Crippen LogP contribution in [0.4, 0.5) is 0 Å². The maximum Gasteiger partial charge on any atom is 0.310 e. The van der Waals surface area contributed by atoms with Gasteiger partial charge in [0, 0.05) is 0 Å². The lowest BCUT2D eigenvalue weighted by Gasteiger charge is -2.19. The third-order valence-electron chi connectivity index (χ3n) is 2.82. The summed E-state index contributed by atoms with van der Waals surface area (Å²) in [5.74, 6) is -4.09. The van der Waals surface area contributed by atoms with Crippen molar-refractivity contribution in [2.24, 2.45) is 11.8 Å². The van der Waals surface area contributed by atoms with Crippen molar-refractivity contribution in [1.82, 2.24) is 0 Å². The molecule has 76 valence electrons. The summed E-state index contributed by atoms with van der Waals surface area (Å²) < 4.78 is 5.28. The number of aliphatic carboxylic acids is 2. The summed E-state index contributed by atoms with van der Waals surface area (Å²) in [5.41, 5.74) is 0.819.